The van der Waals surface area contributed by atoms with E-state index in [2.05, 4.69) is 10.2 Å². The van der Waals surface area contributed by atoms with Gasteiger partial charge in [-0.3, -0.25) is 9.59 Å². The number of nitrogens with zero attached hydrogens (tertiary/aromatic N) is 4. The second kappa shape index (κ2) is 6.34. The van der Waals surface area contributed by atoms with Crippen LogP contribution in [-0.2, 0) is 14.1 Å². The molecule has 0 bridgehead atoms. The van der Waals surface area contributed by atoms with Crippen molar-refractivity contribution in [3.8, 4) is 11.5 Å². The number of para-hydroxylation sites is 2. The Kier molecular flexibility index (Phi) is 3.96. The Balaban J connectivity index is 1.97. The summed E-state index contributed by atoms with van der Waals surface area (Å²) in [5.41, 5.74) is -0.692. The zero-order valence-corrected chi connectivity index (χ0v) is 15.1. The molecule has 0 radical (unpaired) electrons. The van der Waals surface area contributed by atoms with Crippen LogP contribution >= 0.6 is 0 Å². The van der Waals surface area contributed by atoms with Gasteiger partial charge in [0.15, 0.2) is 22.9 Å². The van der Waals surface area contributed by atoms with E-state index in [-0.39, 0.29) is 22.9 Å². The number of aryl methyl sites for hydroxylation is 2. The normalized spacial score (nSPS) is 11.6. The molecule has 2 aromatic carbocycles. The second-order valence-corrected chi connectivity index (χ2v) is 6.36. The van der Waals surface area contributed by atoms with E-state index in [4.69, 9.17) is 0 Å². The quantitative estimate of drug-likeness (QED) is 0.524. The summed E-state index contributed by atoms with van der Waals surface area (Å²) in [5, 5.41) is 29.5. The summed E-state index contributed by atoms with van der Waals surface area (Å²) < 4.78 is 2.67. The molecule has 0 spiro atoms. The van der Waals surface area contributed by atoms with Gasteiger partial charge < -0.3 is 19.3 Å². The van der Waals surface area contributed by atoms with Crippen molar-refractivity contribution in [2.75, 3.05) is 0 Å². The van der Waals surface area contributed by atoms with E-state index in [1.165, 1.54) is 9.13 Å². The van der Waals surface area contributed by atoms with Crippen LogP contribution in [0, 0.1) is 0 Å². The van der Waals surface area contributed by atoms with Crippen LogP contribution in [0.3, 0.4) is 0 Å². The average molecular weight is 376 g/mol. The number of fused-ring (bicyclic) bond motifs is 2. The van der Waals surface area contributed by atoms with Crippen LogP contribution in [0.4, 0.5) is 11.4 Å². The van der Waals surface area contributed by atoms with E-state index in [1.54, 1.807) is 62.6 Å². The largest absolute Gasteiger partial charge is 0.505 e. The van der Waals surface area contributed by atoms with Gasteiger partial charge in [-0.25, -0.2) is 0 Å². The van der Waals surface area contributed by atoms with Gasteiger partial charge in [-0.2, -0.15) is 0 Å². The lowest BCUT2D eigenvalue weighted by Gasteiger charge is -2.09. The molecule has 2 N–H and O–H groups in total. The van der Waals surface area contributed by atoms with Gasteiger partial charge in [0.25, 0.3) is 11.1 Å². The van der Waals surface area contributed by atoms with Gasteiger partial charge in [0, 0.05) is 24.9 Å². The Morgan fingerprint density at radius 3 is 1.43 bits per heavy atom. The van der Waals surface area contributed by atoms with Crippen LogP contribution in [0.2, 0.25) is 0 Å². The topological polar surface area (TPSA) is 109 Å². The Labute approximate surface area is 158 Å². The summed E-state index contributed by atoms with van der Waals surface area (Å²) in [6.07, 6.45) is 0. The number of azo groups is 1. The van der Waals surface area contributed by atoms with Gasteiger partial charge in [-0.15, -0.1) is 10.2 Å². The maximum absolute atomic E-state index is 12.6. The summed E-state index contributed by atoms with van der Waals surface area (Å²) in [6, 6.07) is 13.6. The Hall–Kier alpha value is -3.94. The molecule has 0 aliphatic heterocycles. The molecule has 0 amide bonds. The van der Waals surface area contributed by atoms with E-state index in [0.717, 1.165) is 0 Å². The molecule has 0 saturated heterocycles. The lowest BCUT2D eigenvalue weighted by Crippen LogP contribution is -2.17. The Morgan fingerprint density at radius 1 is 0.679 bits per heavy atom. The minimum atomic E-state index is -0.572. The SMILES string of the molecule is Cn1c(=O)c(N=Nc2c(O)c3ccccc3n(C)c2=O)c(O)c2ccccc21. The predicted molar refractivity (Wildman–Crippen MR) is 106 cm³/mol. The fourth-order valence-corrected chi connectivity index (χ4v) is 3.21. The standard InChI is InChI=1S/C20H16N4O4/c1-23-13-9-5-3-7-11(13)17(25)15(19(23)27)21-22-16-18(26)12-8-4-6-10-14(12)24(2)20(16)28/h3-10,25-26H,1-2H3. The van der Waals surface area contributed by atoms with Crippen LogP contribution in [0.5, 0.6) is 11.5 Å². The molecular formula is C20H16N4O4. The summed E-state index contributed by atoms with van der Waals surface area (Å²) in [7, 11) is 3.10. The molecule has 0 unspecified atom stereocenters. The molecule has 0 fully saturated rings. The van der Waals surface area contributed by atoms with Gasteiger partial charge >= 0.3 is 0 Å². The third kappa shape index (κ3) is 2.46. The highest BCUT2D eigenvalue weighted by atomic mass is 16.3. The van der Waals surface area contributed by atoms with E-state index in [0.29, 0.717) is 21.8 Å². The Bertz CT molecular complexity index is 1290. The van der Waals surface area contributed by atoms with Crippen LogP contribution in [0.15, 0.2) is 68.3 Å². The minimum absolute atomic E-state index is 0.309. The molecule has 8 heteroatoms. The first-order chi connectivity index (χ1) is 13.4. The number of pyridine rings is 2. The lowest BCUT2D eigenvalue weighted by atomic mass is 10.2. The smallest absolute Gasteiger partial charge is 0.282 e. The van der Waals surface area contributed by atoms with Crippen molar-refractivity contribution in [1.29, 1.82) is 0 Å². The van der Waals surface area contributed by atoms with Crippen LogP contribution in [0.1, 0.15) is 0 Å². The molecule has 28 heavy (non-hydrogen) atoms. The van der Waals surface area contributed by atoms with E-state index in [1.807, 2.05) is 0 Å². The van der Waals surface area contributed by atoms with Crippen molar-refractivity contribution in [3.05, 3.63) is 69.2 Å². The fraction of sp³-hybridized carbons (Fsp3) is 0.100. The Morgan fingerprint density at radius 2 is 1.04 bits per heavy atom. The lowest BCUT2D eigenvalue weighted by molar-refractivity contribution is 0.478. The molecule has 4 aromatic rings. The van der Waals surface area contributed by atoms with Crippen molar-refractivity contribution in [2.45, 2.75) is 0 Å². The van der Waals surface area contributed by atoms with Crippen molar-refractivity contribution in [3.63, 3.8) is 0 Å². The number of benzene rings is 2. The number of aromatic nitrogens is 2. The zero-order valence-electron chi connectivity index (χ0n) is 15.1. The molecule has 2 heterocycles. The van der Waals surface area contributed by atoms with Crippen molar-refractivity contribution in [2.24, 2.45) is 24.3 Å². The summed E-state index contributed by atoms with van der Waals surface area (Å²) in [6.45, 7) is 0. The fourth-order valence-electron chi connectivity index (χ4n) is 3.21. The molecule has 4 rings (SSSR count). The number of hydrogen-bond donors (Lipinski definition) is 2. The first-order valence-corrected chi connectivity index (χ1v) is 8.45. The highest BCUT2D eigenvalue weighted by molar-refractivity contribution is 5.90. The molecule has 8 nitrogen and oxygen atoms in total. The van der Waals surface area contributed by atoms with Gasteiger partial charge in [0.2, 0.25) is 0 Å². The molecule has 0 saturated carbocycles. The maximum Gasteiger partial charge on any atom is 0.282 e. The molecule has 140 valence electrons. The van der Waals surface area contributed by atoms with E-state index in [9.17, 15) is 19.8 Å². The maximum atomic E-state index is 12.6. The van der Waals surface area contributed by atoms with Crippen molar-refractivity contribution in [1.82, 2.24) is 9.13 Å². The highest BCUT2D eigenvalue weighted by Crippen LogP contribution is 2.35. The van der Waals surface area contributed by atoms with E-state index >= 15 is 0 Å². The van der Waals surface area contributed by atoms with Crippen molar-refractivity contribution >= 4 is 33.2 Å². The monoisotopic (exact) mass is 376 g/mol. The summed E-state index contributed by atoms with van der Waals surface area (Å²) >= 11 is 0. The molecule has 0 aliphatic carbocycles. The van der Waals surface area contributed by atoms with Crippen LogP contribution < -0.4 is 11.1 Å². The van der Waals surface area contributed by atoms with E-state index < -0.39 is 11.1 Å². The van der Waals surface area contributed by atoms with Crippen molar-refractivity contribution < 1.29 is 10.2 Å². The zero-order chi connectivity index (χ0) is 20.0. The second-order valence-electron chi connectivity index (χ2n) is 6.36. The van der Waals surface area contributed by atoms with Gasteiger partial charge in [0.1, 0.15) is 0 Å². The van der Waals surface area contributed by atoms with Crippen LogP contribution in [0.25, 0.3) is 21.8 Å². The van der Waals surface area contributed by atoms with Crippen LogP contribution in [-0.4, -0.2) is 19.3 Å². The third-order valence-electron chi connectivity index (χ3n) is 4.75. The first kappa shape index (κ1) is 17.5. The van der Waals surface area contributed by atoms with Gasteiger partial charge in [0.05, 0.1) is 11.0 Å². The minimum Gasteiger partial charge on any atom is -0.505 e. The number of rotatable bonds is 2. The number of aromatic hydroxyl groups is 2. The highest BCUT2D eigenvalue weighted by Gasteiger charge is 2.17. The third-order valence-corrected chi connectivity index (χ3v) is 4.75. The molecular weight excluding hydrogens is 360 g/mol. The summed E-state index contributed by atoms with van der Waals surface area (Å²) in [5.74, 6) is -0.667. The van der Waals surface area contributed by atoms with Gasteiger partial charge in [-0.05, 0) is 24.3 Å². The molecule has 0 aliphatic rings. The predicted octanol–water partition coefficient (Wildman–Crippen LogP) is 3.22. The summed E-state index contributed by atoms with van der Waals surface area (Å²) in [4.78, 5) is 25.2. The number of hydrogen-bond acceptors (Lipinski definition) is 6. The average Bonchev–Trinajstić information content (AvgIpc) is 2.72. The van der Waals surface area contributed by atoms with Gasteiger partial charge in [-0.1, -0.05) is 24.3 Å². The molecule has 0 atom stereocenters. The molecule has 2 aromatic heterocycles. The first-order valence-electron chi connectivity index (χ1n) is 8.45.